The summed E-state index contributed by atoms with van der Waals surface area (Å²) >= 11 is 6.19. The van der Waals surface area contributed by atoms with Gasteiger partial charge in [-0.25, -0.2) is 0 Å². The third kappa shape index (κ3) is 5.71. The molecule has 1 rings (SSSR count). The molecule has 0 bridgehead atoms. The van der Waals surface area contributed by atoms with E-state index in [-0.39, 0.29) is 22.4 Å². The fourth-order valence-corrected chi connectivity index (χ4v) is 2.58. The summed E-state index contributed by atoms with van der Waals surface area (Å²) in [5, 5.41) is 13.3. The van der Waals surface area contributed by atoms with Crippen LogP contribution in [0.3, 0.4) is 0 Å². The molecule has 0 fully saturated rings. The summed E-state index contributed by atoms with van der Waals surface area (Å²) in [5.74, 6) is -0.271. The number of rotatable bonds is 5. The predicted molar refractivity (Wildman–Crippen MR) is 83.9 cm³/mol. The Morgan fingerprint density at radius 2 is 2.05 bits per heavy atom. The van der Waals surface area contributed by atoms with Gasteiger partial charge in [0.15, 0.2) is 0 Å². The van der Waals surface area contributed by atoms with Gasteiger partial charge >= 0.3 is 0 Å². The van der Waals surface area contributed by atoms with Crippen LogP contribution < -0.4 is 5.32 Å². The van der Waals surface area contributed by atoms with Crippen molar-refractivity contribution in [2.75, 3.05) is 6.54 Å². The second-order valence-corrected chi connectivity index (χ2v) is 6.95. The van der Waals surface area contributed by atoms with Gasteiger partial charge in [0.25, 0.3) is 11.6 Å². The smallest absolute Gasteiger partial charge is 0.272 e. The zero-order valence-electron chi connectivity index (χ0n) is 12.8. The van der Waals surface area contributed by atoms with Crippen LogP contribution in [0.2, 0.25) is 0 Å². The Balaban J connectivity index is 2.64. The molecular formula is C15H21ClN2O3. The van der Waals surface area contributed by atoms with Crippen LogP contribution in [-0.2, 0) is 0 Å². The van der Waals surface area contributed by atoms with Crippen LogP contribution in [0.1, 0.15) is 43.1 Å². The molecule has 0 aliphatic carbocycles. The minimum Gasteiger partial charge on any atom is -0.351 e. The van der Waals surface area contributed by atoms with E-state index in [4.69, 9.17) is 11.6 Å². The van der Waals surface area contributed by atoms with Crippen LogP contribution in [-0.4, -0.2) is 22.8 Å². The van der Waals surface area contributed by atoms with Gasteiger partial charge in [0, 0.05) is 23.7 Å². The number of hydrogen-bond donors (Lipinski definition) is 1. The fraction of sp³-hybridized carbons (Fsp3) is 0.533. The first-order chi connectivity index (χ1) is 9.60. The number of nitrogens with zero attached hydrogens (tertiary/aromatic N) is 1. The van der Waals surface area contributed by atoms with E-state index in [0.717, 1.165) is 6.42 Å². The number of carbonyl (C=O) groups excluding carboxylic acids is 1. The molecule has 1 aromatic rings. The Labute approximate surface area is 129 Å². The van der Waals surface area contributed by atoms with Crippen LogP contribution >= 0.6 is 11.6 Å². The average molecular weight is 313 g/mol. The van der Waals surface area contributed by atoms with Gasteiger partial charge in [0.2, 0.25) is 0 Å². The molecule has 1 unspecified atom stereocenters. The normalized spacial score (nSPS) is 12.8. The molecule has 0 saturated carbocycles. The monoisotopic (exact) mass is 312 g/mol. The molecule has 0 aromatic heterocycles. The zero-order chi connectivity index (χ0) is 16.2. The standard InChI is InChI=1S/C15H21ClN2O3/c1-10-7-11(5-6-13(10)18(20)21)14(19)17-9-12(16)8-15(2,3)4/h5-7,12H,8-9H2,1-4H3,(H,17,19). The van der Waals surface area contributed by atoms with Crippen LogP contribution in [0.5, 0.6) is 0 Å². The number of nitro groups is 1. The number of benzene rings is 1. The van der Waals surface area contributed by atoms with Gasteiger partial charge in [-0.05, 0) is 30.9 Å². The van der Waals surface area contributed by atoms with Crippen molar-refractivity contribution >= 4 is 23.2 Å². The summed E-state index contributed by atoms with van der Waals surface area (Å²) in [5.41, 5.74) is 0.971. The maximum absolute atomic E-state index is 12.0. The van der Waals surface area contributed by atoms with Gasteiger partial charge in [-0.1, -0.05) is 20.8 Å². The third-order valence-corrected chi connectivity index (χ3v) is 3.28. The van der Waals surface area contributed by atoms with Gasteiger partial charge in [0.1, 0.15) is 0 Å². The van der Waals surface area contributed by atoms with E-state index in [1.807, 2.05) is 0 Å². The summed E-state index contributed by atoms with van der Waals surface area (Å²) in [6, 6.07) is 4.31. The third-order valence-electron chi connectivity index (χ3n) is 2.97. The Kier molecular flexibility index (Phi) is 5.72. The molecule has 0 heterocycles. The second-order valence-electron chi connectivity index (χ2n) is 6.33. The Bertz CT molecular complexity index is 538. The van der Waals surface area contributed by atoms with Crippen molar-refractivity contribution < 1.29 is 9.72 Å². The number of carbonyl (C=O) groups is 1. The number of alkyl halides is 1. The highest BCUT2D eigenvalue weighted by atomic mass is 35.5. The number of halogens is 1. The van der Waals surface area contributed by atoms with Crippen LogP contribution in [0.15, 0.2) is 18.2 Å². The van der Waals surface area contributed by atoms with Gasteiger partial charge in [-0.15, -0.1) is 11.6 Å². The van der Waals surface area contributed by atoms with E-state index >= 15 is 0 Å². The Hall–Kier alpha value is -1.62. The van der Waals surface area contributed by atoms with E-state index in [0.29, 0.717) is 17.7 Å². The number of hydrogen-bond acceptors (Lipinski definition) is 3. The van der Waals surface area contributed by atoms with Crippen molar-refractivity contribution in [1.29, 1.82) is 0 Å². The van der Waals surface area contributed by atoms with Crippen LogP contribution in [0, 0.1) is 22.5 Å². The molecular weight excluding hydrogens is 292 g/mol. The number of nitro benzene ring substituents is 1. The fourth-order valence-electron chi connectivity index (χ4n) is 2.04. The summed E-state index contributed by atoms with van der Waals surface area (Å²) in [6.45, 7) is 8.24. The largest absolute Gasteiger partial charge is 0.351 e. The molecule has 1 atom stereocenters. The van der Waals surface area contributed by atoms with Crippen LogP contribution in [0.25, 0.3) is 0 Å². The highest BCUT2D eigenvalue weighted by Crippen LogP contribution is 2.23. The maximum Gasteiger partial charge on any atom is 0.272 e. The molecule has 1 amide bonds. The summed E-state index contributed by atoms with van der Waals surface area (Å²) < 4.78 is 0. The number of amides is 1. The van der Waals surface area contributed by atoms with E-state index in [1.165, 1.54) is 18.2 Å². The van der Waals surface area contributed by atoms with Crippen molar-refractivity contribution in [3.8, 4) is 0 Å². The zero-order valence-corrected chi connectivity index (χ0v) is 13.5. The summed E-state index contributed by atoms with van der Waals surface area (Å²) in [7, 11) is 0. The molecule has 0 aliphatic heterocycles. The SMILES string of the molecule is Cc1cc(C(=O)NCC(Cl)CC(C)(C)C)ccc1[N+](=O)[O-]. The summed E-state index contributed by atoms with van der Waals surface area (Å²) in [6.07, 6.45) is 0.786. The van der Waals surface area contributed by atoms with E-state index in [2.05, 4.69) is 26.1 Å². The quantitative estimate of drug-likeness (QED) is 0.512. The minimum absolute atomic E-state index is 0.00880. The lowest BCUT2D eigenvalue weighted by molar-refractivity contribution is -0.385. The molecule has 1 aromatic carbocycles. The number of nitrogens with one attached hydrogen (secondary N) is 1. The van der Waals surface area contributed by atoms with E-state index in [9.17, 15) is 14.9 Å². The lowest BCUT2D eigenvalue weighted by Gasteiger charge is -2.22. The van der Waals surface area contributed by atoms with E-state index in [1.54, 1.807) is 6.92 Å². The second kappa shape index (κ2) is 6.89. The first-order valence-electron chi connectivity index (χ1n) is 6.77. The minimum atomic E-state index is -0.463. The van der Waals surface area contributed by atoms with Gasteiger partial charge in [-0.2, -0.15) is 0 Å². The van der Waals surface area contributed by atoms with Gasteiger partial charge < -0.3 is 5.32 Å². The molecule has 5 nitrogen and oxygen atoms in total. The molecule has 0 saturated heterocycles. The van der Waals surface area contributed by atoms with Crippen LogP contribution in [0.4, 0.5) is 5.69 Å². The molecule has 1 N–H and O–H groups in total. The van der Waals surface area contributed by atoms with Crippen molar-refractivity contribution in [3.63, 3.8) is 0 Å². The molecule has 6 heteroatoms. The lowest BCUT2D eigenvalue weighted by atomic mass is 9.90. The molecule has 116 valence electrons. The van der Waals surface area contributed by atoms with Crippen molar-refractivity contribution in [2.24, 2.45) is 5.41 Å². The molecule has 0 radical (unpaired) electrons. The Morgan fingerprint density at radius 3 is 2.52 bits per heavy atom. The topological polar surface area (TPSA) is 72.2 Å². The maximum atomic E-state index is 12.0. The Morgan fingerprint density at radius 1 is 1.43 bits per heavy atom. The lowest BCUT2D eigenvalue weighted by Crippen LogP contribution is -2.31. The van der Waals surface area contributed by atoms with Gasteiger partial charge in [0.05, 0.1) is 10.3 Å². The van der Waals surface area contributed by atoms with Crippen molar-refractivity contribution in [2.45, 2.75) is 39.5 Å². The van der Waals surface area contributed by atoms with Gasteiger partial charge in [-0.3, -0.25) is 14.9 Å². The van der Waals surface area contributed by atoms with Crippen molar-refractivity contribution in [1.82, 2.24) is 5.32 Å². The molecule has 0 aliphatic rings. The molecule has 21 heavy (non-hydrogen) atoms. The highest BCUT2D eigenvalue weighted by Gasteiger charge is 2.18. The number of aryl methyl sites for hydroxylation is 1. The first kappa shape index (κ1) is 17.4. The average Bonchev–Trinajstić information content (AvgIpc) is 2.33. The van der Waals surface area contributed by atoms with Crippen molar-refractivity contribution in [3.05, 3.63) is 39.4 Å². The predicted octanol–water partition coefficient (Wildman–Crippen LogP) is 3.68. The van der Waals surface area contributed by atoms with E-state index < -0.39 is 4.92 Å². The highest BCUT2D eigenvalue weighted by molar-refractivity contribution is 6.21. The first-order valence-corrected chi connectivity index (χ1v) is 7.21. The molecule has 0 spiro atoms. The summed E-state index contributed by atoms with van der Waals surface area (Å²) in [4.78, 5) is 22.3.